The zero-order chi connectivity index (χ0) is 19.7. The number of nitrogens with zero attached hydrogens (tertiary/aromatic N) is 4. The summed E-state index contributed by atoms with van der Waals surface area (Å²) in [5.74, 6) is 0.0791. The highest BCUT2D eigenvalue weighted by Gasteiger charge is 2.27. The molecule has 1 aromatic heterocycles. The van der Waals surface area contributed by atoms with Crippen molar-refractivity contribution in [3.63, 3.8) is 0 Å². The number of hydrogen-bond acceptors (Lipinski definition) is 3. The van der Waals surface area contributed by atoms with Crippen molar-refractivity contribution in [1.82, 2.24) is 14.4 Å². The SMILES string of the molecule is Cc1cc(C(=O)N2CCN(C(=O)c3cccc(N(C)C)c3)CC2)c(C)n1C. The monoisotopic (exact) mass is 368 g/mol. The number of anilines is 1. The highest BCUT2D eigenvalue weighted by atomic mass is 16.2. The van der Waals surface area contributed by atoms with Crippen LogP contribution in [-0.4, -0.2) is 66.5 Å². The molecule has 0 aliphatic carbocycles. The molecule has 0 saturated carbocycles. The van der Waals surface area contributed by atoms with Gasteiger partial charge in [-0.25, -0.2) is 0 Å². The van der Waals surface area contributed by atoms with Crippen LogP contribution in [0.4, 0.5) is 5.69 Å². The van der Waals surface area contributed by atoms with Gasteiger partial charge in [-0.15, -0.1) is 0 Å². The zero-order valence-electron chi connectivity index (χ0n) is 16.8. The van der Waals surface area contributed by atoms with Crippen molar-refractivity contribution in [2.45, 2.75) is 13.8 Å². The highest BCUT2D eigenvalue weighted by Crippen LogP contribution is 2.19. The lowest BCUT2D eigenvalue weighted by Gasteiger charge is -2.35. The molecule has 6 nitrogen and oxygen atoms in total. The van der Waals surface area contributed by atoms with E-state index in [2.05, 4.69) is 0 Å². The topological polar surface area (TPSA) is 48.8 Å². The fraction of sp³-hybridized carbons (Fsp3) is 0.429. The lowest BCUT2D eigenvalue weighted by atomic mass is 10.1. The molecule has 3 rings (SSSR count). The molecule has 1 saturated heterocycles. The molecule has 2 amide bonds. The van der Waals surface area contributed by atoms with E-state index in [1.807, 2.05) is 84.6 Å². The number of benzene rings is 1. The lowest BCUT2D eigenvalue weighted by Crippen LogP contribution is -2.50. The van der Waals surface area contributed by atoms with Gasteiger partial charge in [0.25, 0.3) is 11.8 Å². The maximum atomic E-state index is 12.9. The molecular formula is C21H28N4O2. The minimum atomic E-state index is 0.0255. The van der Waals surface area contributed by atoms with Gasteiger partial charge in [0.15, 0.2) is 0 Å². The minimum Gasteiger partial charge on any atom is -0.378 e. The quantitative estimate of drug-likeness (QED) is 0.835. The molecule has 2 heterocycles. The Labute approximate surface area is 161 Å². The summed E-state index contributed by atoms with van der Waals surface area (Å²) in [5, 5.41) is 0. The molecule has 1 aromatic carbocycles. The van der Waals surface area contributed by atoms with Gasteiger partial charge in [-0.3, -0.25) is 9.59 Å². The molecule has 0 radical (unpaired) electrons. The van der Waals surface area contributed by atoms with E-state index < -0.39 is 0 Å². The summed E-state index contributed by atoms with van der Waals surface area (Å²) in [6.07, 6.45) is 0. The summed E-state index contributed by atoms with van der Waals surface area (Å²) in [7, 11) is 5.89. The van der Waals surface area contributed by atoms with Gasteiger partial charge in [-0.05, 0) is 38.1 Å². The third kappa shape index (κ3) is 3.70. The first kappa shape index (κ1) is 19.0. The van der Waals surface area contributed by atoms with E-state index in [4.69, 9.17) is 0 Å². The van der Waals surface area contributed by atoms with Gasteiger partial charge >= 0.3 is 0 Å². The smallest absolute Gasteiger partial charge is 0.255 e. The van der Waals surface area contributed by atoms with Crippen molar-refractivity contribution >= 4 is 17.5 Å². The Hall–Kier alpha value is -2.76. The molecule has 0 unspecified atom stereocenters. The number of amides is 2. The van der Waals surface area contributed by atoms with Gasteiger partial charge in [-0.1, -0.05) is 6.07 Å². The van der Waals surface area contributed by atoms with Crippen LogP contribution in [0.15, 0.2) is 30.3 Å². The Bertz CT molecular complexity index is 861. The van der Waals surface area contributed by atoms with Crippen LogP contribution in [0.3, 0.4) is 0 Å². The average Bonchev–Trinajstić information content (AvgIpc) is 2.94. The van der Waals surface area contributed by atoms with Crippen molar-refractivity contribution in [1.29, 1.82) is 0 Å². The summed E-state index contributed by atoms with van der Waals surface area (Å²) >= 11 is 0. The van der Waals surface area contributed by atoms with Gasteiger partial charge in [0.2, 0.25) is 0 Å². The molecular weight excluding hydrogens is 340 g/mol. The predicted octanol–water partition coefficient (Wildman–Crippen LogP) is 2.31. The molecule has 0 bridgehead atoms. The van der Waals surface area contributed by atoms with Gasteiger partial charge in [0.05, 0.1) is 5.56 Å². The highest BCUT2D eigenvalue weighted by molar-refractivity contribution is 5.97. The molecule has 6 heteroatoms. The van der Waals surface area contributed by atoms with E-state index in [0.717, 1.165) is 22.6 Å². The van der Waals surface area contributed by atoms with Crippen molar-refractivity contribution < 1.29 is 9.59 Å². The fourth-order valence-corrected chi connectivity index (χ4v) is 3.45. The van der Waals surface area contributed by atoms with Gasteiger partial charge in [0.1, 0.15) is 0 Å². The van der Waals surface area contributed by atoms with Crippen LogP contribution in [0.1, 0.15) is 32.1 Å². The van der Waals surface area contributed by atoms with Crippen molar-refractivity contribution in [2.24, 2.45) is 7.05 Å². The van der Waals surface area contributed by atoms with E-state index in [1.54, 1.807) is 0 Å². The molecule has 1 fully saturated rings. The van der Waals surface area contributed by atoms with Gasteiger partial charge < -0.3 is 19.3 Å². The summed E-state index contributed by atoms with van der Waals surface area (Å²) < 4.78 is 2.03. The summed E-state index contributed by atoms with van der Waals surface area (Å²) in [5.41, 5.74) is 4.51. The Morgan fingerprint density at radius 3 is 2.04 bits per heavy atom. The third-order valence-electron chi connectivity index (χ3n) is 5.47. The van der Waals surface area contributed by atoms with Crippen LogP contribution in [0.25, 0.3) is 0 Å². The number of aryl methyl sites for hydroxylation is 1. The predicted molar refractivity (Wildman–Crippen MR) is 107 cm³/mol. The van der Waals surface area contributed by atoms with Crippen molar-refractivity contribution in [3.05, 3.63) is 52.8 Å². The van der Waals surface area contributed by atoms with Crippen LogP contribution >= 0.6 is 0 Å². The molecule has 1 aliphatic rings. The van der Waals surface area contributed by atoms with E-state index >= 15 is 0 Å². The first-order valence-corrected chi connectivity index (χ1v) is 9.28. The number of rotatable bonds is 3. The standard InChI is InChI=1S/C21H28N4O2/c1-15-13-19(16(2)23(15)5)21(27)25-11-9-24(10-12-25)20(26)17-7-6-8-18(14-17)22(3)4/h6-8,13-14H,9-12H2,1-5H3. The first-order chi connectivity index (χ1) is 12.8. The normalized spacial score (nSPS) is 14.4. The Morgan fingerprint density at radius 1 is 0.926 bits per heavy atom. The summed E-state index contributed by atoms with van der Waals surface area (Å²) in [6.45, 7) is 6.21. The van der Waals surface area contributed by atoms with Crippen LogP contribution < -0.4 is 4.90 Å². The molecule has 144 valence electrons. The average molecular weight is 368 g/mol. The molecule has 0 N–H and O–H groups in total. The molecule has 0 atom stereocenters. The van der Waals surface area contributed by atoms with E-state index in [-0.39, 0.29) is 11.8 Å². The van der Waals surface area contributed by atoms with Gasteiger partial charge in [0, 0.05) is 70.0 Å². The third-order valence-corrected chi connectivity index (χ3v) is 5.47. The largest absolute Gasteiger partial charge is 0.378 e. The first-order valence-electron chi connectivity index (χ1n) is 9.28. The van der Waals surface area contributed by atoms with Crippen molar-refractivity contribution in [3.8, 4) is 0 Å². The van der Waals surface area contributed by atoms with Crippen LogP contribution in [0.2, 0.25) is 0 Å². The summed E-state index contributed by atoms with van der Waals surface area (Å²) in [4.78, 5) is 31.3. The van der Waals surface area contributed by atoms with E-state index in [0.29, 0.717) is 31.7 Å². The second kappa shape index (κ2) is 7.47. The zero-order valence-corrected chi connectivity index (χ0v) is 16.8. The van der Waals surface area contributed by atoms with E-state index in [9.17, 15) is 9.59 Å². The minimum absolute atomic E-state index is 0.0255. The number of hydrogen-bond donors (Lipinski definition) is 0. The lowest BCUT2D eigenvalue weighted by molar-refractivity contribution is 0.0535. The molecule has 2 aromatic rings. The summed E-state index contributed by atoms with van der Waals surface area (Å²) in [6, 6.07) is 9.60. The van der Waals surface area contributed by atoms with E-state index in [1.165, 1.54) is 0 Å². The Balaban J connectivity index is 1.66. The second-order valence-electron chi connectivity index (χ2n) is 7.37. The van der Waals surface area contributed by atoms with Crippen LogP contribution in [0, 0.1) is 13.8 Å². The number of aromatic nitrogens is 1. The maximum Gasteiger partial charge on any atom is 0.255 e. The van der Waals surface area contributed by atoms with Crippen molar-refractivity contribution in [2.75, 3.05) is 45.2 Å². The Kier molecular flexibility index (Phi) is 5.26. The second-order valence-corrected chi connectivity index (χ2v) is 7.37. The molecule has 0 spiro atoms. The van der Waals surface area contributed by atoms with Crippen LogP contribution in [0.5, 0.6) is 0 Å². The fourth-order valence-electron chi connectivity index (χ4n) is 3.45. The van der Waals surface area contributed by atoms with Crippen LogP contribution in [-0.2, 0) is 7.05 Å². The molecule has 1 aliphatic heterocycles. The number of piperazine rings is 1. The number of carbonyl (C=O) groups is 2. The molecule has 27 heavy (non-hydrogen) atoms. The Morgan fingerprint density at radius 2 is 1.52 bits per heavy atom. The van der Waals surface area contributed by atoms with Gasteiger partial charge in [-0.2, -0.15) is 0 Å². The number of carbonyl (C=O) groups excluding carboxylic acids is 2. The maximum absolute atomic E-state index is 12.9.